The number of piperazine rings is 2. The summed E-state index contributed by atoms with van der Waals surface area (Å²) in [5.74, 6) is 2.32. The number of aryl methyl sites for hydroxylation is 2. The number of hydrogen-bond donors (Lipinski definition) is 3. The van der Waals surface area contributed by atoms with Crippen LogP contribution in [0.2, 0.25) is 0 Å². The third kappa shape index (κ3) is 26.1. The molecule has 6 aromatic rings. The van der Waals surface area contributed by atoms with Crippen molar-refractivity contribution < 1.29 is 127 Å². The Morgan fingerprint density at radius 1 is 0.514 bits per heavy atom. The predicted molar refractivity (Wildman–Crippen MR) is 444 cm³/mol. The monoisotopic (exact) mass is 1700 g/mol. The van der Waals surface area contributed by atoms with E-state index < -0.39 is 0 Å². The first-order valence-corrected chi connectivity index (χ1v) is 38.0. The van der Waals surface area contributed by atoms with Crippen molar-refractivity contribution in [1.82, 2.24) is 24.3 Å². The number of ketones is 6. The molecule has 3 aliphatic carbocycles. The number of nitrogens with zero attached hydrogens (tertiary/aromatic N) is 7. The van der Waals surface area contributed by atoms with Crippen molar-refractivity contribution in [2.45, 2.75) is 175 Å². The summed E-state index contributed by atoms with van der Waals surface area (Å²) in [5, 5.41) is 15.4. The predicted octanol–water partition coefficient (Wildman–Crippen LogP) is 19.8. The van der Waals surface area contributed by atoms with Crippen molar-refractivity contribution >= 4 is 80.9 Å². The fourth-order valence-corrected chi connectivity index (χ4v) is 14.2. The second-order valence-electron chi connectivity index (χ2n) is 27.3. The van der Waals surface area contributed by atoms with E-state index in [1.165, 1.54) is 6.21 Å². The van der Waals surface area contributed by atoms with Gasteiger partial charge < -0.3 is 40.2 Å². The zero-order valence-electron chi connectivity index (χ0n) is 68.7. The van der Waals surface area contributed by atoms with Crippen molar-refractivity contribution in [1.29, 1.82) is 5.41 Å². The average molecular weight is 1700 g/mol. The summed E-state index contributed by atoms with van der Waals surface area (Å²) in [7, 11) is 4.28. The van der Waals surface area contributed by atoms with Gasteiger partial charge in [-0.2, -0.15) is 13.8 Å². The van der Waals surface area contributed by atoms with Gasteiger partial charge in [-0.05, 0) is 198 Å². The quantitative estimate of drug-likeness (QED) is 0.0311. The fourth-order valence-electron chi connectivity index (χ4n) is 14.2. The number of benzene rings is 3. The van der Waals surface area contributed by atoms with Gasteiger partial charge in [-0.25, -0.2) is 23.1 Å². The number of likely N-dealkylation sites (N-methyl/N-ethyl adjacent to an activating group) is 2. The van der Waals surface area contributed by atoms with Gasteiger partial charge >= 0.3 is 0 Å². The van der Waals surface area contributed by atoms with E-state index in [1.807, 2.05) is 185 Å². The Labute approximate surface area is 727 Å². The molecule has 11 rings (SSSR count). The Morgan fingerprint density at radius 3 is 1.37 bits per heavy atom. The molecule has 3 radical (unpaired) electrons. The molecule has 19 heteroatoms. The van der Waals surface area contributed by atoms with Gasteiger partial charge in [-0.1, -0.05) is 132 Å². The van der Waals surface area contributed by atoms with Gasteiger partial charge in [0, 0.05) is 247 Å². The van der Waals surface area contributed by atoms with E-state index in [2.05, 4.69) is 104 Å². The Morgan fingerprint density at radius 2 is 0.945 bits per heavy atom. The average Bonchev–Trinajstić information content (AvgIpc) is 1.59. The van der Waals surface area contributed by atoms with Crippen LogP contribution in [0.15, 0.2) is 154 Å². The molecular formula is C90H117N10O6Y3-3. The maximum atomic E-state index is 13.7. The number of fused-ring (bicyclic) bond motifs is 1. The summed E-state index contributed by atoms with van der Waals surface area (Å²) < 4.78 is 2.09. The topological polar surface area (TPSA) is 194 Å². The van der Waals surface area contributed by atoms with Gasteiger partial charge in [0.1, 0.15) is 11.6 Å². The molecule has 0 unspecified atom stereocenters. The molecule has 0 spiro atoms. The minimum absolute atomic E-state index is 0. The molecule has 0 amide bonds. The molecule has 575 valence electrons. The van der Waals surface area contributed by atoms with Crippen LogP contribution in [0.3, 0.4) is 0 Å². The second kappa shape index (κ2) is 47.9. The number of hydrogen-bond acceptors (Lipinski definition) is 15. The van der Waals surface area contributed by atoms with Crippen LogP contribution in [0.4, 0.5) is 23.0 Å². The van der Waals surface area contributed by atoms with Gasteiger partial charge in [-0.15, -0.1) is 6.54 Å². The van der Waals surface area contributed by atoms with E-state index in [-0.39, 0.29) is 139 Å². The van der Waals surface area contributed by atoms with Gasteiger partial charge in [-0.3, -0.25) is 28.8 Å². The minimum Gasteiger partial charge on any atom is -0.535 e. The molecule has 0 atom stereocenters. The number of pyridine rings is 2. The van der Waals surface area contributed by atoms with Crippen LogP contribution in [0.25, 0.3) is 39.2 Å². The van der Waals surface area contributed by atoms with Crippen molar-refractivity contribution in [3.63, 3.8) is 0 Å². The van der Waals surface area contributed by atoms with E-state index >= 15 is 0 Å². The van der Waals surface area contributed by atoms with Crippen LogP contribution in [-0.4, -0.2) is 132 Å². The normalized spacial score (nSPS) is 15.0. The summed E-state index contributed by atoms with van der Waals surface area (Å²) >= 11 is 0. The van der Waals surface area contributed by atoms with Crippen LogP contribution >= 0.6 is 0 Å². The van der Waals surface area contributed by atoms with Gasteiger partial charge in [0.2, 0.25) is 0 Å². The third-order valence-electron chi connectivity index (χ3n) is 19.5. The van der Waals surface area contributed by atoms with Gasteiger partial charge in [0.25, 0.3) is 0 Å². The number of aromatic nitrogens is 3. The Hall–Kier alpha value is -6.33. The number of Topliss-reactive ketones (excluding diaryl/α,β-unsaturated/α-hetero) is 6. The van der Waals surface area contributed by atoms with E-state index in [1.54, 1.807) is 12.6 Å². The molecule has 109 heavy (non-hydrogen) atoms. The van der Waals surface area contributed by atoms with Crippen LogP contribution in [0.5, 0.6) is 0 Å². The first-order valence-electron chi connectivity index (χ1n) is 38.0. The van der Waals surface area contributed by atoms with Crippen LogP contribution in [0.1, 0.15) is 215 Å². The Bertz CT molecular complexity index is 4380. The molecule has 0 saturated carbocycles. The molecule has 5 heterocycles. The summed E-state index contributed by atoms with van der Waals surface area (Å²) in [6, 6.07) is 20.1. The number of rotatable bonds is 23. The smallest absolute Gasteiger partial charge is 0.163 e. The number of allylic oxidation sites excluding steroid dienone is 12. The first kappa shape index (κ1) is 96.9. The maximum Gasteiger partial charge on any atom is 0.163 e. The van der Waals surface area contributed by atoms with Crippen LogP contribution in [-0.2, 0) is 113 Å². The van der Waals surface area contributed by atoms with E-state index in [4.69, 9.17) is 10.4 Å². The molecule has 0 bridgehead atoms. The summed E-state index contributed by atoms with van der Waals surface area (Å²) in [4.78, 5) is 96.1. The Kier molecular flexibility index (Phi) is 42.6. The second-order valence-corrected chi connectivity index (χ2v) is 27.3. The van der Waals surface area contributed by atoms with E-state index in [0.29, 0.717) is 79.3 Å². The minimum atomic E-state index is -0.0766. The third-order valence-corrected chi connectivity index (χ3v) is 19.5. The van der Waals surface area contributed by atoms with Crippen LogP contribution < -0.4 is 20.4 Å². The molecule has 3 aromatic carbocycles. The molecule has 3 N–H and O–H groups in total. The number of anilines is 4. The summed E-state index contributed by atoms with van der Waals surface area (Å²) in [6.07, 6.45) is 18.4. The standard InChI is InChI=1S/C32H37N4O2.C30H36N5O2.C22H26NO2.3C2H6.3Y/c1-6-35-20-23(4)32-27(29(37)9-8-26-22(3)15-21(2)16-30(26)38)17-25(18-28(32)35)24-7-10-31(33-19-24)36-13-11-34(5)12-14-36;1-5-32-27-17-23(22-8-9-33-30(18-22)35-12-10-34(4)11-13-35)16-25(26(27)19-31)28(36)7-6-24-21(3)14-20(2)15-29(24)37;1-6-17-19(11-15(4)12-20(17)23-7-2)21(24)9-8-18-16(5)10-14(3)13-22(18)25;3*1-2;;;/h6-7,10,15,17-20H,8-9,11-14,16H2,1-5H3;5,8-9,14,16-19,31-32H,6-7,10-13,15H2,1-4H3;6-7,10-12,23H,1,8-9,13H2,2-5H3;3*1-2H3;;;/q3*-1;;;;;;. The van der Waals surface area contributed by atoms with Crippen molar-refractivity contribution in [3.05, 3.63) is 213 Å². The van der Waals surface area contributed by atoms with E-state index in [9.17, 15) is 28.8 Å². The number of nitrogens with one attached hydrogen (secondary N) is 3. The maximum absolute atomic E-state index is 13.7. The number of carbonyl (C=O) groups excluding carboxylic acids is 6. The molecule has 16 nitrogen and oxygen atoms in total. The zero-order valence-corrected chi connectivity index (χ0v) is 77.2. The summed E-state index contributed by atoms with van der Waals surface area (Å²) in [5.41, 5.74) is 20.2. The largest absolute Gasteiger partial charge is 0.535 e. The van der Waals surface area contributed by atoms with Gasteiger partial charge in [0.05, 0.1) is 0 Å². The van der Waals surface area contributed by atoms with E-state index in [0.717, 1.165) is 170 Å². The van der Waals surface area contributed by atoms with Crippen LogP contribution in [0, 0.1) is 38.9 Å². The molecule has 3 aromatic heterocycles. The molecule has 5 aliphatic rings. The molecule has 2 saturated heterocycles. The molecular weight excluding hydrogens is 1580 g/mol. The molecule has 2 aliphatic heterocycles. The molecule has 2 fully saturated rings. The Balaban J connectivity index is 0.000000412. The summed E-state index contributed by atoms with van der Waals surface area (Å²) in [6.45, 7) is 50.9. The van der Waals surface area contributed by atoms with Gasteiger partial charge in [0.15, 0.2) is 34.7 Å². The van der Waals surface area contributed by atoms with Crippen molar-refractivity contribution in [3.8, 4) is 22.3 Å². The fraction of sp³-hybridized carbons (Fsp3) is 0.400. The van der Waals surface area contributed by atoms with Crippen molar-refractivity contribution in [2.75, 3.05) is 86.9 Å². The number of carbonyl (C=O) groups is 6. The SMILES string of the molecule is C=Cc1c(N[CH-]C)cc(C)cc1C(=O)CCC1=C(C)C=C(C)CC1=O.CC.CC.CC.C[CH-]Nc1cc(-c2ccnc(N3CCN(C)CC3)c2)cc(C(=O)CCC2=C(C)C=C(C)CC2=O)c1C=N.C[CH-]n1cc(C)c2c(C(=O)CCC3=C(C)C=C(C)CC3=O)cc(-c3ccc(N4CCN(C)CC4)nc3)cc21.[Y].[Y].[Y]. The first-order chi connectivity index (χ1) is 50.9. The van der Waals surface area contributed by atoms with Crippen molar-refractivity contribution in [2.24, 2.45) is 0 Å². The zero-order chi connectivity index (χ0) is 78.1.